The molecule has 1 aromatic carbocycles. The largest absolute Gasteiger partial charge is 0.491 e. The lowest BCUT2D eigenvalue weighted by Gasteiger charge is -2.16. The fourth-order valence-corrected chi connectivity index (χ4v) is 2.50. The first kappa shape index (κ1) is 12.2. The van der Waals surface area contributed by atoms with E-state index in [4.69, 9.17) is 10.5 Å². The lowest BCUT2D eigenvalue weighted by atomic mass is 10.0. The van der Waals surface area contributed by atoms with Crippen LogP contribution in [0.2, 0.25) is 0 Å². The summed E-state index contributed by atoms with van der Waals surface area (Å²) in [5.41, 5.74) is 6.34. The summed E-state index contributed by atoms with van der Waals surface area (Å²) in [5, 5.41) is 9.88. The van der Waals surface area contributed by atoms with Crippen LogP contribution in [0.4, 0.5) is 5.69 Å². The number of hydrogen-bond acceptors (Lipinski definition) is 3. The van der Waals surface area contributed by atoms with Crippen LogP contribution in [0.15, 0.2) is 24.3 Å². The molecule has 0 amide bonds. The minimum absolute atomic E-state index is 0.361. The number of nitrogens with two attached hydrogens (primary N) is 1. The van der Waals surface area contributed by atoms with Gasteiger partial charge in [0, 0.05) is 11.8 Å². The number of rotatable bonds is 5. The third-order valence-corrected chi connectivity index (χ3v) is 3.38. The average Bonchev–Trinajstić information content (AvgIpc) is 2.79. The van der Waals surface area contributed by atoms with E-state index in [1.165, 1.54) is 25.7 Å². The zero-order valence-corrected chi connectivity index (χ0v) is 10.1. The summed E-state index contributed by atoms with van der Waals surface area (Å²) in [6, 6.07) is 7.32. The predicted molar refractivity (Wildman–Crippen MR) is 68.9 cm³/mol. The van der Waals surface area contributed by atoms with Crippen molar-refractivity contribution >= 4 is 5.69 Å². The SMILES string of the molecule is Nc1cccc(OCC(O)CC2CCCC2)c1. The van der Waals surface area contributed by atoms with Gasteiger partial charge in [-0.25, -0.2) is 0 Å². The molecule has 0 aromatic heterocycles. The van der Waals surface area contributed by atoms with Gasteiger partial charge >= 0.3 is 0 Å². The van der Waals surface area contributed by atoms with Gasteiger partial charge in [0.25, 0.3) is 0 Å². The third-order valence-electron chi connectivity index (χ3n) is 3.38. The molecule has 0 saturated heterocycles. The van der Waals surface area contributed by atoms with E-state index < -0.39 is 0 Å². The van der Waals surface area contributed by atoms with Gasteiger partial charge in [-0.3, -0.25) is 0 Å². The van der Waals surface area contributed by atoms with Gasteiger partial charge in [-0.15, -0.1) is 0 Å². The van der Waals surface area contributed by atoms with Crippen molar-refractivity contribution in [3.8, 4) is 5.75 Å². The predicted octanol–water partition coefficient (Wildman–Crippen LogP) is 2.59. The molecular formula is C14H21NO2. The summed E-state index contributed by atoms with van der Waals surface area (Å²) in [5.74, 6) is 1.42. The molecule has 0 bridgehead atoms. The van der Waals surface area contributed by atoms with E-state index in [0.717, 1.165) is 12.2 Å². The fourth-order valence-electron chi connectivity index (χ4n) is 2.50. The number of ether oxygens (including phenoxy) is 1. The van der Waals surface area contributed by atoms with E-state index in [-0.39, 0.29) is 6.10 Å². The Kier molecular flexibility index (Phi) is 4.26. The van der Waals surface area contributed by atoms with Gasteiger partial charge < -0.3 is 15.6 Å². The van der Waals surface area contributed by atoms with Crippen molar-refractivity contribution in [3.63, 3.8) is 0 Å². The van der Waals surface area contributed by atoms with E-state index in [1.807, 2.05) is 18.2 Å². The Morgan fingerprint density at radius 3 is 2.82 bits per heavy atom. The topological polar surface area (TPSA) is 55.5 Å². The highest BCUT2D eigenvalue weighted by molar-refractivity contribution is 5.43. The summed E-state index contributed by atoms with van der Waals surface area (Å²) in [6.07, 6.45) is 5.65. The van der Waals surface area contributed by atoms with E-state index >= 15 is 0 Å². The van der Waals surface area contributed by atoms with Crippen molar-refractivity contribution < 1.29 is 9.84 Å². The molecule has 1 aliphatic carbocycles. The second kappa shape index (κ2) is 5.92. The van der Waals surface area contributed by atoms with Crippen molar-refractivity contribution in [1.29, 1.82) is 0 Å². The summed E-state index contributed by atoms with van der Waals surface area (Å²) in [4.78, 5) is 0. The summed E-state index contributed by atoms with van der Waals surface area (Å²) in [7, 11) is 0. The van der Waals surface area contributed by atoms with E-state index in [0.29, 0.717) is 18.2 Å². The van der Waals surface area contributed by atoms with Gasteiger partial charge in [-0.2, -0.15) is 0 Å². The Labute approximate surface area is 103 Å². The molecule has 3 nitrogen and oxygen atoms in total. The molecule has 1 unspecified atom stereocenters. The maximum absolute atomic E-state index is 9.88. The molecule has 0 spiro atoms. The molecule has 0 radical (unpaired) electrons. The molecule has 0 heterocycles. The maximum Gasteiger partial charge on any atom is 0.121 e. The molecule has 1 aliphatic rings. The van der Waals surface area contributed by atoms with Crippen LogP contribution in [-0.4, -0.2) is 17.8 Å². The first-order valence-electron chi connectivity index (χ1n) is 6.40. The Hall–Kier alpha value is -1.22. The third kappa shape index (κ3) is 3.93. The highest BCUT2D eigenvalue weighted by Gasteiger charge is 2.19. The number of hydrogen-bond donors (Lipinski definition) is 2. The summed E-state index contributed by atoms with van der Waals surface area (Å²) >= 11 is 0. The van der Waals surface area contributed by atoms with Crippen molar-refractivity contribution in [2.24, 2.45) is 5.92 Å². The lowest BCUT2D eigenvalue weighted by Crippen LogP contribution is -2.20. The standard InChI is InChI=1S/C14H21NO2/c15-12-6-3-7-14(9-12)17-10-13(16)8-11-4-1-2-5-11/h3,6-7,9,11,13,16H,1-2,4-5,8,10,15H2. The van der Waals surface area contributed by atoms with Crippen molar-refractivity contribution in [1.82, 2.24) is 0 Å². The zero-order valence-electron chi connectivity index (χ0n) is 10.1. The van der Waals surface area contributed by atoms with Crippen LogP contribution >= 0.6 is 0 Å². The molecule has 1 aromatic rings. The maximum atomic E-state index is 9.88. The van der Waals surface area contributed by atoms with Crippen LogP contribution in [0.3, 0.4) is 0 Å². The fraction of sp³-hybridized carbons (Fsp3) is 0.571. The second-order valence-corrected chi connectivity index (χ2v) is 4.92. The number of nitrogen functional groups attached to an aromatic ring is 1. The van der Waals surface area contributed by atoms with Crippen LogP contribution in [0.1, 0.15) is 32.1 Å². The Morgan fingerprint density at radius 2 is 2.12 bits per heavy atom. The van der Waals surface area contributed by atoms with Gasteiger partial charge in [-0.1, -0.05) is 31.7 Å². The Morgan fingerprint density at radius 1 is 1.35 bits per heavy atom. The van der Waals surface area contributed by atoms with Crippen LogP contribution in [0, 0.1) is 5.92 Å². The van der Waals surface area contributed by atoms with E-state index in [1.54, 1.807) is 6.07 Å². The Balaban J connectivity index is 1.73. The monoisotopic (exact) mass is 235 g/mol. The van der Waals surface area contributed by atoms with Crippen LogP contribution in [0.25, 0.3) is 0 Å². The Bertz CT molecular complexity index is 348. The highest BCUT2D eigenvalue weighted by atomic mass is 16.5. The lowest BCUT2D eigenvalue weighted by molar-refractivity contribution is 0.0856. The van der Waals surface area contributed by atoms with E-state index in [2.05, 4.69) is 0 Å². The minimum Gasteiger partial charge on any atom is -0.491 e. The molecule has 1 fully saturated rings. The number of aliphatic hydroxyl groups excluding tert-OH is 1. The minimum atomic E-state index is -0.362. The molecule has 1 saturated carbocycles. The molecule has 2 rings (SSSR count). The first-order chi connectivity index (χ1) is 8.24. The molecular weight excluding hydrogens is 214 g/mol. The zero-order chi connectivity index (χ0) is 12.1. The van der Waals surface area contributed by atoms with Crippen molar-refractivity contribution in [2.75, 3.05) is 12.3 Å². The number of anilines is 1. The quantitative estimate of drug-likeness (QED) is 0.771. The molecule has 1 atom stereocenters. The number of benzene rings is 1. The molecule has 17 heavy (non-hydrogen) atoms. The summed E-state index contributed by atoms with van der Waals surface area (Å²) in [6.45, 7) is 0.361. The van der Waals surface area contributed by atoms with Gasteiger partial charge in [0.1, 0.15) is 12.4 Å². The van der Waals surface area contributed by atoms with Crippen LogP contribution in [-0.2, 0) is 0 Å². The molecule has 3 N–H and O–H groups in total. The van der Waals surface area contributed by atoms with E-state index in [9.17, 15) is 5.11 Å². The van der Waals surface area contributed by atoms with Crippen LogP contribution < -0.4 is 10.5 Å². The first-order valence-corrected chi connectivity index (χ1v) is 6.40. The van der Waals surface area contributed by atoms with Gasteiger partial charge in [0.05, 0.1) is 6.10 Å². The molecule has 3 heteroatoms. The summed E-state index contributed by atoms with van der Waals surface area (Å²) < 4.78 is 5.53. The smallest absolute Gasteiger partial charge is 0.121 e. The number of aliphatic hydroxyl groups is 1. The van der Waals surface area contributed by atoms with Gasteiger partial charge in [0.2, 0.25) is 0 Å². The van der Waals surface area contributed by atoms with Crippen LogP contribution in [0.5, 0.6) is 5.75 Å². The molecule has 0 aliphatic heterocycles. The molecule has 94 valence electrons. The van der Waals surface area contributed by atoms with Crippen molar-refractivity contribution in [3.05, 3.63) is 24.3 Å². The highest BCUT2D eigenvalue weighted by Crippen LogP contribution is 2.28. The van der Waals surface area contributed by atoms with Gasteiger partial charge in [0.15, 0.2) is 0 Å². The second-order valence-electron chi connectivity index (χ2n) is 4.92. The van der Waals surface area contributed by atoms with Gasteiger partial charge in [-0.05, 0) is 24.5 Å². The van der Waals surface area contributed by atoms with Crippen molar-refractivity contribution in [2.45, 2.75) is 38.2 Å². The average molecular weight is 235 g/mol. The normalized spacial score (nSPS) is 18.2.